The predicted octanol–water partition coefficient (Wildman–Crippen LogP) is 3.81. The number of allylic oxidation sites excluding steroid dienone is 1. The summed E-state index contributed by atoms with van der Waals surface area (Å²) in [6, 6.07) is 9.75. The molecular formula is C17H23NO2. The molecule has 3 heteroatoms. The standard InChI is InChI=1S/C17H23NO2/c1-5-11-17(3,4)18-12-20-13(2)15(16(18)19)14-9-7-6-8-10-14/h6-10H,5,11-12H2,1-4H3. The second-order valence-corrected chi connectivity index (χ2v) is 5.87. The predicted molar refractivity (Wildman–Crippen MR) is 80.8 cm³/mol. The van der Waals surface area contributed by atoms with Crippen LogP contribution in [0.3, 0.4) is 0 Å². The fourth-order valence-corrected chi connectivity index (χ4v) is 2.71. The van der Waals surface area contributed by atoms with Crippen molar-refractivity contribution in [3.05, 3.63) is 41.7 Å². The zero-order chi connectivity index (χ0) is 14.8. The third kappa shape index (κ3) is 2.72. The molecule has 0 fully saturated rings. The van der Waals surface area contributed by atoms with Gasteiger partial charge in [0.15, 0.2) is 6.73 Å². The van der Waals surface area contributed by atoms with Crippen molar-refractivity contribution < 1.29 is 9.53 Å². The first-order valence-corrected chi connectivity index (χ1v) is 7.18. The number of carbonyl (C=O) groups is 1. The molecule has 0 aliphatic carbocycles. The second kappa shape index (κ2) is 5.70. The van der Waals surface area contributed by atoms with E-state index in [1.165, 1.54) is 0 Å². The molecule has 1 aliphatic rings. The maximum absolute atomic E-state index is 12.8. The zero-order valence-electron chi connectivity index (χ0n) is 12.8. The molecule has 0 saturated heterocycles. The van der Waals surface area contributed by atoms with Crippen molar-refractivity contribution in [1.29, 1.82) is 0 Å². The monoisotopic (exact) mass is 273 g/mol. The Morgan fingerprint density at radius 3 is 2.50 bits per heavy atom. The average molecular weight is 273 g/mol. The van der Waals surface area contributed by atoms with E-state index >= 15 is 0 Å². The van der Waals surface area contributed by atoms with Gasteiger partial charge in [0.1, 0.15) is 5.76 Å². The number of rotatable bonds is 4. The lowest BCUT2D eigenvalue weighted by atomic mass is 9.93. The Kier molecular flexibility index (Phi) is 4.17. The molecule has 0 bridgehead atoms. The van der Waals surface area contributed by atoms with Gasteiger partial charge in [0, 0.05) is 5.54 Å². The van der Waals surface area contributed by atoms with Gasteiger partial charge < -0.3 is 9.64 Å². The zero-order valence-corrected chi connectivity index (χ0v) is 12.8. The summed E-state index contributed by atoms with van der Waals surface area (Å²) in [4.78, 5) is 14.7. The number of nitrogens with zero attached hydrogens (tertiary/aromatic N) is 1. The molecule has 2 rings (SSSR count). The van der Waals surface area contributed by atoms with E-state index in [2.05, 4.69) is 20.8 Å². The van der Waals surface area contributed by atoms with Crippen molar-refractivity contribution in [1.82, 2.24) is 4.90 Å². The highest BCUT2D eigenvalue weighted by atomic mass is 16.5. The molecule has 0 saturated carbocycles. The van der Waals surface area contributed by atoms with Crippen LogP contribution in [-0.2, 0) is 9.53 Å². The fraction of sp³-hybridized carbons (Fsp3) is 0.471. The van der Waals surface area contributed by atoms with Crippen molar-refractivity contribution in [3.63, 3.8) is 0 Å². The summed E-state index contributed by atoms with van der Waals surface area (Å²) in [5, 5.41) is 0. The van der Waals surface area contributed by atoms with E-state index in [1.807, 2.05) is 42.2 Å². The molecule has 1 aliphatic heterocycles. The molecule has 0 spiro atoms. The van der Waals surface area contributed by atoms with Crippen molar-refractivity contribution in [2.45, 2.75) is 46.1 Å². The van der Waals surface area contributed by atoms with Crippen LogP contribution in [-0.4, -0.2) is 23.1 Å². The first-order valence-electron chi connectivity index (χ1n) is 7.18. The normalized spacial score (nSPS) is 16.4. The van der Waals surface area contributed by atoms with Crippen molar-refractivity contribution in [3.8, 4) is 0 Å². The van der Waals surface area contributed by atoms with Crippen LogP contribution < -0.4 is 0 Å². The molecule has 0 atom stereocenters. The second-order valence-electron chi connectivity index (χ2n) is 5.87. The summed E-state index contributed by atoms with van der Waals surface area (Å²) in [6.07, 6.45) is 2.00. The minimum atomic E-state index is -0.188. The number of hydrogen-bond acceptors (Lipinski definition) is 2. The molecule has 0 N–H and O–H groups in total. The van der Waals surface area contributed by atoms with Gasteiger partial charge in [-0.1, -0.05) is 43.7 Å². The van der Waals surface area contributed by atoms with E-state index in [-0.39, 0.29) is 11.4 Å². The Balaban J connectivity index is 2.36. The third-order valence-corrected chi connectivity index (χ3v) is 3.88. The highest BCUT2D eigenvalue weighted by Crippen LogP contribution is 2.31. The van der Waals surface area contributed by atoms with E-state index in [0.717, 1.165) is 18.4 Å². The van der Waals surface area contributed by atoms with Crippen molar-refractivity contribution >= 4 is 11.5 Å². The van der Waals surface area contributed by atoms with Crippen molar-refractivity contribution in [2.75, 3.05) is 6.73 Å². The number of amides is 1. The van der Waals surface area contributed by atoms with Gasteiger partial charge in [-0.2, -0.15) is 0 Å². The Labute approximate surface area is 121 Å². The molecule has 0 aromatic heterocycles. The molecule has 1 aromatic carbocycles. The van der Waals surface area contributed by atoms with E-state index < -0.39 is 0 Å². The fourth-order valence-electron chi connectivity index (χ4n) is 2.71. The largest absolute Gasteiger partial charge is 0.477 e. The molecule has 1 heterocycles. The lowest BCUT2D eigenvalue weighted by Gasteiger charge is -2.41. The topological polar surface area (TPSA) is 29.5 Å². The summed E-state index contributed by atoms with van der Waals surface area (Å²) >= 11 is 0. The van der Waals surface area contributed by atoms with Gasteiger partial charge in [-0.25, -0.2) is 0 Å². The van der Waals surface area contributed by atoms with Gasteiger partial charge in [-0.3, -0.25) is 4.79 Å². The van der Waals surface area contributed by atoms with Crippen LogP contribution in [0.25, 0.3) is 5.57 Å². The van der Waals surface area contributed by atoms with Crippen LogP contribution in [0.1, 0.15) is 46.1 Å². The van der Waals surface area contributed by atoms with Gasteiger partial charge in [-0.15, -0.1) is 0 Å². The smallest absolute Gasteiger partial charge is 0.260 e. The maximum Gasteiger partial charge on any atom is 0.260 e. The van der Waals surface area contributed by atoms with E-state index in [9.17, 15) is 4.79 Å². The molecule has 0 radical (unpaired) electrons. The van der Waals surface area contributed by atoms with Gasteiger partial charge in [0.05, 0.1) is 5.57 Å². The summed E-state index contributed by atoms with van der Waals surface area (Å²) in [6.45, 7) is 8.54. The lowest BCUT2D eigenvalue weighted by Crippen LogP contribution is -2.51. The highest BCUT2D eigenvalue weighted by molar-refractivity contribution is 6.20. The Bertz CT molecular complexity index is 517. The van der Waals surface area contributed by atoms with Gasteiger partial charge in [0.25, 0.3) is 5.91 Å². The Morgan fingerprint density at radius 1 is 1.25 bits per heavy atom. The quantitative estimate of drug-likeness (QED) is 0.834. The van der Waals surface area contributed by atoms with E-state index in [1.54, 1.807) is 0 Å². The number of ether oxygens (including phenoxy) is 1. The Morgan fingerprint density at radius 2 is 1.90 bits per heavy atom. The SMILES string of the molecule is CCCC(C)(C)N1COC(C)=C(c2ccccc2)C1=O. The van der Waals surface area contributed by atoms with Crippen LogP contribution in [0.4, 0.5) is 0 Å². The van der Waals surface area contributed by atoms with Crippen LogP contribution in [0.15, 0.2) is 36.1 Å². The minimum absolute atomic E-state index is 0.0680. The van der Waals surface area contributed by atoms with Crippen LogP contribution in [0.5, 0.6) is 0 Å². The summed E-state index contributed by atoms with van der Waals surface area (Å²) in [5.41, 5.74) is 1.42. The van der Waals surface area contributed by atoms with E-state index in [0.29, 0.717) is 18.1 Å². The van der Waals surface area contributed by atoms with Crippen LogP contribution in [0, 0.1) is 0 Å². The van der Waals surface area contributed by atoms with E-state index in [4.69, 9.17) is 4.74 Å². The molecular weight excluding hydrogens is 250 g/mol. The lowest BCUT2D eigenvalue weighted by molar-refractivity contribution is -0.139. The number of benzene rings is 1. The first kappa shape index (κ1) is 14.6. The summed E-state index contributed by atoms with van der Waals surface area (Å²) in [5.74, 6) is 0.781. The van der Waals surface area contributed by atoms with Gasteiger partial charge in [-0.05, 0) is 32.8 Å². The van der Waals surface area contributed by atoms with Crippen LogP contribution >= 0.6 is 0 Å². The molecule has 1 amide bonds. The third-order valence-electron chi connectivity index (χ3n) is 3.88. The molecule has 108 valence electrons. The number of hydrogen-bond donors (Lipinski definition) is 0. The maximum atomic E-state index is 12.8. The van der Waals surface area contributed by atoms with Gasteiger partial charge in [0.2, 0.25) is 0 Å². The molecule has 20 heavy (non-hydrogen) atoms. The molecule has 3 nitrogen and oxygen atoms in total. The average Bonchev–Trinajstić information content (AvgIpc) is 2.39. The molecule has 1 aromatic rings. The summed E-state index contributed by atoms with van der Waals surface area (Å²) < 4.78 is 5.75. The first-order chi connectivity index (χ1) is 9.47. The highest BCUT2D eigenvalue weighted by Gasteiger charge is 2.36. The summed E-state index contributed by atoms with van der Waals surface area (Å²) in [7, 11) is 0. The molecule has 0 unspecified atom stereocenters. The van der Waals surface area contributed by atoms with Crippen molar-refractivity contribution in [2.24, 2.45) is 0 Å². The Hall–Kier alpha value is -1.77. The number of carbonyl (C=O) groups excluding carboxylic acids is 1. The van der Waals surface area contributed by atoms with Gasteiger partial charge >= 0.3 is 0 Å². The van der Waals surface area contributed by atoms with Crippen LogP contribution in [0.2, 0.25) is 0 Å². The minimum Gasteiger partial charge on any atom is -0.477 e.